The molecule has 33 heavy (non-hydrogen) atoms. The van der Waals surface area contributed by atoms with Crippen LogP contribution in [-0.2, 0) is 16.0 Å². The molecule has 3 aromatic rings. The molecule has 1 aliphatic heterocycles. The average molecular weight is 448 g/mol. The maximum Gasteiger partial charge on any atom is 0.357 e. The summed E-state index contributed by atoms with van der Waals surface area (Å²) < 4.78 is 11.4. The lowest BCUT2D eigenvalue weighted by molar-refractivity contribution is 0.0549. The van der Waals surface area contributed by atoms with E-state index in [-0.39, 0.29) is 11.3 Å². The van der Waals surface area contributed by atoms with E-state index in [0.29, 0.717) is 11.4 Å². The highest BCUT2D eigenvalue weighted by Gasteiger charge is 2.31. The molecule has 0 spiro atoms. The van der Waals surface area contributed by atoms with Crippen molar-refractivity contribution in [2.24, 2.45) is 5.92 Å². The summed E-state index contributed by atoms with van der Waals surface area (Å²) in [6.07, 6.45) is 2.52. The zero-order valence-corrected chi connectivity index (χ0v) is 19.3. The molecule has 7 heteroatoms. The maximum absolute atomic E-state index is 12.8. The standard InChI is InChI=1S/C26H29N3O4/c1-18-8-7-15-28(16-18)17-19-11-13-20(14-12-19)23-22(25(30)32-2)24(26(31)33-3)29(27-23)21-9-5-4-6-10-21/h4-6,9-14,18H,7-8,15-17H2,1-3H3. The van der Waals surface area contributed by atoms with Crippen LogP contribution in [0.1, 0.15) is 46.2 Å². The Bertz CT molecular complexity index is 1120. The van der Waals surface area contributed by atoms with Gasteiger partial charge in [0.15, 0.2) is 5.69 Å². The molecular weight excluding hydrogens is 418 g/mol. The van der Waals surface area contributed by atoms with Crippen LogP contribution in [0.2, 0.25) is 0 Å². The molecular formula is C26H29N3O4. The fraction of sp³-hybridized carbons (Fsp3) is 0.346. The number of nitrogens with zero attached hydrogens (tertiary/aromatic N) is 3. The third-order valence-corrected chi connectivity index (χ3v) is 6.03. The van der Waals surface area contributed by atoms with Gasteiger partial charge in [0.05, 0.1) is 19.9 Å². The molecule has 0 bridgehead atoms. The van der Waals surface area contributed by atoms with Crippen molar-refractivity contribution in [2.75, 3.05) is 27.3 Å². The summed E-state index contributed by atoms with van der Waals surface area (Å²) in [7, 11) is 2.57. The van der Waals surface area contributed by atoms with Crippen molar-refractivity contribution in [3.05, 3.63) is 71.4 Å². The van der Waals surface area contributed by atoms with Crippen LogP contribution in [0.5, 0.6) is 0 Å². The monoisotopic (exact) mass is 447 g/mol. The lowest BCUT2D eigenvalue weighted by Crippen LogP contribution is -2.33. The van der Waals surface area contributed by atoms with Crippen LogP contribution in [-0.4, -0.2) is 53.9 Å². The van der Waals surface area contributed by atoms with Gasteiger partial charge < -0.3 is 9.47 Å². The minimum atomic E-state index is -0.658. The van der Waals surface area contributed by atoms with Gasteiger partial charge in [0.25, 0.3) is 0 Å². The van der Waals surface area contributed by atoms with Gasteiger partial charge in [-0.1, -0.05) is 49.4 Å². The number of aromatic nitrogens is 2. The summed E-state index contributed by atoms with van der Waals surface area (Å²) in [6.45, 7) is 5.41. The van der Waals surface area contributed by atoms with Crippen molar-refractivity contribution in [3.63, 3.8) is 0 Å². The predicted octanol–water partition coefficient (Wildman–Crippen LogP) is 4.34. The Kier molecular flexibility index (Phi) is 6.89. The molecule has 0 amide bonds. The second-order valence-corrected chi connectivity index (χ2v) is 8.48. The van der Waals surface area contributed by atoms with Gasteiger partial charge in [-0.25, -0.2) is 14.3 Å². The van der Waals surface area contributed by atoms with Crippen molar-refractivity contribution in [1.82, 2.24) is 14.7 Å². The summed E-state index contributed by atoms with van der Waals surface area (Å²) in [6, 6.07) is 17.2. The molecule has 7 nitrogen and oxygen atoms in total. The number of esters is 2. The normalized spacial score (nSPS) is 16.4. The molecule has 1 saturated heterocycles. The maximum atomic E-state index is 12.8. The highest BCUT2D eigenvalue weighted by molar-refractivity contribution is 6.06. The van der Waals surface area contributed by atoms with Gasteiger partial charge in [0.1, 0.15) is 11.3 Å². The third kappa shape index (κ3) is 4.83. The van der Waals surface area contributed by atoms with Crippen molar-refractivity contribution >= 4 is 11.9 Å². The zero-order valence-electron chi connectivity index (χ0n) is 19.3. The fourth-order valence-electron chi connectivity index (χ4n) is 4.41. The molecule has 1 fully saturated rings. The number of ether oxygens (including phenoxy) is 2. The van der Waals surface area contributed by atoms with E-state index in [1.807, 2.05) is 42.5 Å². The SMILES string of the molecule is COC(=O)c1c(-c2ccc(CN3CCCC(C)C3)cc2)nn(-c2ccccc2)c1C(=O)OC. The van der Waals surface area contributed by atoms with Crippen LogP contribution in [0.25, 0.3) is 16.9 Å². The van der Waals surface area contributed by atoms with Crippen LogP contribution in [0, 0.1) is 5.92 Å². The number of carbonyl (C=O) groups is 2. The number of likely N-dealkylation sites (tertiary alicyclic amines) is 1. The zero-order chi connectivity index (χ0) is 23.4. The lowest BCUT2D eigenvalue weighted by atomic mass is 9.99. The largest absolute Gasteiger partial charge is 0.465 e. The molecule has 2 heterocycles. The molecule has 0 N–H and O–H groups in total. The van der Waals surface area contributed by atoms with Crippen LogP contribution in [0.3, 0.4) is 0 Å². The molecule has 2 aromatic carbocycles. The van der Waals surface area contributed by atoms with Crippen LogP contribution >= 0.6 is 0 Å². The fourth-order valence-corrected chi connectivity index (χ4v) is 4.41. The molecule has 1 atom stereocenters. The Hall–Kier alpha value is -3.45. The molecule has 1 aliphatic rings. The quantitative estimate of drug-likeness (QED) is 0.523. The third-order valence-electron chi connectivity index (χ3n) is 6.03. The second kappa shape index (κ2) is 10.0. The number of benzene rings is 2. The molecule has 172 valence electrons. The minimum Gasteiger partial charge on any atom is -0.465 e. The molecule has 1 unspecified atom stereocenters. The molecule has 0 aliphatic carbocycles. The molecule has 0 saturated carbocycles. The number of hydrogen-bond donors (Lipinski definition) is 0. The van der Waals surface area contributed by atoms with Gasteiger partial charge >= 0.3 is 11.9 Å². The summed E-state index contributed by atoms with van der Waals surface area (Å²) >= 11 is 0. The lowest BCUT2D eigenvalue weighted by Gasteiger charge is -2.30. The molecule has 4 rings (SSSR count). The topological polar surface area (TPSA) is 73.7 Å². The highest BCUT2D eigenvalue weighted by atomic mass is 16.5. The van der Waals surface area contributed by atoms with Gasteiger partial charge in [-0.3, -0.25) is 4.90 Å². The number of piperidine rings is 1. The van der Waals surface area contributed by atoms with Gasteiger partial charge in [0, 0.05) is 18.7 Å². The summed E-state index contributed by atoms with van der Waals surface area (Å²) in [5.41, 5.74) is 3.08. The van der Waals surface area contributed by atoms with Crippen molar-refractivity contribution in [1.29, 1.82) is 0 Å². The summed E-state index contributed by atoms with van der Waals surface area (Å²) in [5, 5.41) is 4.65. The number of methoxy groups -OCH3 is 2. The Balaban J connectivity index is 1.74. The van der Waals surface area contributed by atoms with E-state index >= 15 is 0 Å². The van der Waals surface area contributed by atoms with Gasteiger partial charge in [-0.15, -0.1) is 0 Å². The van der Waals surface area contributed by atoms with Crippen molar-refractivity contribution < 1.29 is 19.1 Å². The number of para-hydroxylation sites is 1. The first kappa shape index (κ1) is 22.7. The Labute approximate surface area is 193 Å². The number of hydrogen-bond acceptors (Lipinski definition) is 6. The Morgan fingerprint density at radius 1 is 1.00 bits per heavy atom. The first-order chi connectivity index (χ1) is 16.0. The second-order valence-electron chi connectivity index (χ2n) is 8.48. The van der Waals surface area contributed by atoms with Crippen molar-refractivity contribution in [2.45, 2.75) is 26.3 Å². The number of carbonyl (C=O) groups excluding carboxylic acids is 2. The van der Waals surface area contributed by atoms with E-state index < -0.39 is 11.9 Å². The van der Waals surface area contributed by atoms with Crippen LogP contribution in [0.15, 0.2) is 54.6 Å². The van der Waals surface area contributed by atoms with E-state index in [4.69, 9.17) is 9.47 Å². The van der Waals surface area contributed by atoms with Gasteiger partial charge in [-0.05, 0) is 43.0 Å². The van der Waals surface area contributed by atoms with Crippen LogP contribution < -0.4 is 0 Å². The predicted molar refractivity (Wildman–Crippen MR) is 125 cm³/mol. The van der Waals surface area contributed by atoms with Crippen molar-refractivity contribution in [3.8, 4) is 16.9 Å². The van der Waals surface area contributed by atoms with E-state index in [0.717, 1.165) is 31.1 Å². The van der Waals surface area contributed by atoms with E-state index in [1.165, 1.54) is 37.3 Å². The van der Waals surface area contributed by atoms with Crippen LogP contribution in [0.4, 0.5) is 0 Å². The molecule has 1 aromatic heterocycles. The minimum absolute atomic E-state index is 0.0388. The molecule has 0 radical (unpaired) electrons. The summed E-state index contributed by atoms with van der Waals surface area (Å²) in [5.74, 6) is -0.577. The van der Waals surface area contributed by atoms with E-state index in [1.54, 1.807) is 0 Å². The first-order valence-corrected chi connectivity index (χ1v) is 11.2. The Morgan fingerprint density at radius 3 is 2.33 bits per heavy atom. The van der Waals surface area contributed by atoms with Gasteiger partial charge in [0.2, 0.25) is 0 Å². The number of rotatable bonds is 6. The summed E-state index contributed by atoms with van der Waals surface area (Å²) in [4.78, 5) is 27.9. The average Bonchev–Trinajstić information content (AvgIpc) is 3.25. The van der Waals surface area contributed by atoms with Gasteiger partial charge in [-0.2, -0.15) is 5.10 Å². The van der Waals surface area contributed by atoms with E-state index in [9.17, 15) is 9.59 Å². The van der Waals surface area contributed by atoms with E-state index in [2.05, 4.69) is 29.1 Å². The first-order valence-electron chi connectivity index (χ1n) is 11.2. The smallest absolute Gasteiger partial charge is 0.357 e. The highest BCUT2D eigenvalue weighted by Crippen LogP contribution is 2.30. The Morgan fingerprint density at radius 2 is 1.70 bits per heavy atom.